The zero-order chi connectivity index (χ0) is 13.4. The smallest absolute Gasteiger partial charge is 0.305 e. The minimum Gasteiger partial charge on any atom is -0.481 e. The summed E-state index contributed by atoms with van der Waals surface area (Å²) >= 11 is 0. The zero-order valence-electron chi connectivity index (χ0n) is 11.2. The Bertz CT molecular complexity index is 256. The van der Waals surface area contributed by atoms with E-state index in [4.69, 9.17) is 5.11 Å². The lowest BCUT2D eigenvalue weighted by atomic mass is 10.1. The molecule has 0 saturated carbocycles. The van der Waals surface area contributed by atoms with Crippen LogP contribution in [0.4, 0.5) is 0 Å². The SMILES string of the molecule is CCNCC(C)C(=O)N(CC)C(C)CC(=O)O. The van der Waals surface area contributed by atoms with Crippen molar-refractivity contribution in [3.63, 3.8) is 0 Å². The number of rotatable bonds is 8. The summed E-state index contributed by atoms with van der Waals surface area (Å²) in [5.41, 5.74) is 0. The van der Waals surface area contributed by atoms with Crippen molar-refractivity contribution >= 4 is 11.9 Å². The van der Waals surface area contributed by atoms with E-state index in [1.807, 2.05) is 20.8 Å². The first-order chi connectivity index (χ1) is 7.93. The fourth-order valence-corrected chi connectivity index (χ4v) is 1.78. The summed E-state index contributed by atoms with van der Waals surface area (Å²) < 4.78 is 0. The number of nitrogens with one attached hydrogen (secondary N) is 1. The van der Waals surface area contributed by atoms with Gasteiger partial charge in [-0.2, -0.15) is 0 Å². The molecular weight excluding hydrogens is 220 g/mol. The van der Waals surface area contributed by atoms with E-state index in [0.717, 1.165) is 6.54 Å². The molecule has 5 nitrogen and oxygen atoms in total. The minimum atomic E-state index is -0.872. The van der Waals surface area contributed by atoms with Crippen LogP contribution >= 0.6 is 0 Å². The molecule has 0 fully saturated rings. The third kappa shape index (κ3) is 5.68. The fourth-order valence-electron chi connectivity index (χ4n) is 1.78. The molecule has 17 heavy (non-hydrogen) atoms. The molecule has 100 valence electrons. The van der Waals surface area contributed by atoms with Crippen molar-refractivity contribution in [1.29, 1.82) is 0 Å². The Morgan fingerprint density at radius 1 is 1.29 bits per heavy atom. The highest BCUT2D eigenvalue weighted by Gasteiger charge is 2.24. The monoisotopic (exact) mass is 244 g/mol. The summed E-state index contributed by atoms with van der Waals surface area (Å²) in [5, 5.41) is 11.9. The van der Waals surface area contributed by atoms with Crippen molar-refractivity contribution < 1.29 is 14.7 Å². The Hall–Kier alpha value is -1.10. The first-order valence-corrected chi connectivity index (χ1v) is 6.16. The van der Waals surface area contributed by atoms with Crippen LogP contribution in [0.1, 0.15) is 34.1 Å². The van der Waals surface area contributed by atoms with Crippen LogP contribution in [0.5, 0.6) is 0 Å². The van der Waals surface area contributed by atoms with Gasteiger partial charge < -0.3 is 15.3 Å². The van der Waals surface area contributed by atoms with Gasteiger partial charge in [0, 0.05) is 25.0 Å². The summed E-state index contributed by atoms with van der Waals surface area (Å²) in [4.78, 5) is 24.4. The summed E-state index contributed by atoms with van der Waals surface area (Å²) in [5.74, 6) is -0.976. The Labute approximate surface area is 103 Å². The number of carboxylic acid groups (broad SMARTS) is 1. The van der Waals surface area contributed by atoms with Crippen molar-refractivity contribution in [2.45, 2.75) is 40.2 Å². The second-order valence-corrected chi connectivity index (χ2v) is 4.28. The van der Waals surface area contributed by atoms with Crippen LogP contribution in [0.2, 0.25) is 0 Å². The maximum absolute atomic E-state index is 12.1. The average molecular weight is 244 g/mol. The molecular formula is C12H24N2O3. The topological polar surface area (TPSA) is 69.6 Å². The molecule has 0 rings (SSSR count). The summed E-state index contributed by atoms with van der Waals surface area (Å²) in [7, 11) is 0. The maximum atomic E-state index is 12.1. The third-order valence-corrected chi connectivity index (χ3v) is 2.75. The number of carboxylic acids is 1. The summed E-state index contributed by atoms with van der Waals surface area (Å²) in [6, 6.07) is -0.255. The van der Waals surface area contributed by atoms with Gasteiger partial charge in [0.2, 0.25) is 5.91 Å². The molecule has 5 heteroatoms. The van der Waals surface area contributed by atoms with E-state index in [1.54, 1.807) is 11.8 Å². The van der Waals surface area contributed by atoms with Gasteiger partial charge in [-0.1, -0.05) is 13.8 Å². The van der Waals surface area contributed by atoms with Crippen LogP contribution in [0.3, 0.4) is 0 Å². The summed E-state index contributed by atoms with van der Waals surface area (Å²) in [6.07, 6.45) is -0.00644. The standard InChI is InChI=1S/C12H24N2O3/c1-5-13-8-9(3)12(17)14(6-2)10(4)7-11(15)16/h9-10,13H,5-8H2,1-4H3,(H,15,16). The molecule has 0 aromatic heterocycles. The molecule has 0 aromatic carbocycles. The molecule has 0 aliphatic rings. The summed E-state index contributed by atoms with van der Waals surface area (Å²) in [6.45, 7) is 9.50. The quantitative estimate of drug-likeness (QED) is 0.667. The van der Waals surface area contributed by atoms with E-state index in [1.165, 1.54) is 0 Å². The van der Waals surface area contributed by atoms with Gasteiger partial charge in [0.05, 0.1) is 6.42 Å². The number of hydrogen-bond acceptors (Lipinski definition) is 3. The lowest BCUT2D eigenvalue weighted by Crippen LogP contribution is -2.44. The van der Waals surface area contributed by atoms with Crippen LogP contribution in [-0.4, -0.2) is 47.6 Å². The normalized spacial score (nSPS) is 14.1. The Balaban J connectivity index is 4.42. The van der Waals surface area contributed by atoms with E-state index in [0.29, 0.717) is 13.1 Å². The van der Waals surface area contributed by atoms with E-state index < -0.39 is 5.97 Å². The highest BCUT2D eigenvalue weighted by molar-refractivity contribution is 5.79. The number of hydrogen-bond donors (Lipinski definition) is 2. The van der Waals surface area contributed by atoms with Gasteiger partial charge in [-0.15, -0.1) is 0 Å². The van der Waals surface area contributed by atoms with Gasteiger partial charge in [0.15, 0.2) is 0 Å². The molecule has 0 aliphatic carbocycles. The van der Waals surface area contributed by atoms with Gasteiger partial charge in [-0.25, -0.2) is 0 Å². The largest absolute Gasteiger partial charge is 0.481 e. The average Bonchev–Trinajstić information content (AvgIpc) is 2.25. The fraction of sp³-hybridized carbons (Fsp3) is 0.833. The number of carbonyl (C=O) groups is 2. The first-order valence-electron chi connectivity index (χ1n) is 6.16. The van der Waals surface area contributed by atoms with Crippen molar-refractivity contribution in [3.05, 3.63) is 0 Å². The van der Waals surface area contributed by atoms with Crippen LogP contribution in [0.25, 0.3) is 0 Å². The predicted molar refractivity (Wildman–Crippen MR) is 66.8 cm³/mol. The van der Waals surface area contributed by atoms with E-state index in [-0.39, 0.29) is 24.3 Å². The van der Waals surface area contributed by atoms with Crippen molar-refractivity contribution in [2.24, 2.45) is 5.92 Å². The first kappa shape index (κ1) is 15.9. The van der Waals surface area contributed by atoms with Crippen LogP contribution in [0, 0.1) is 5.92 Å². The molecule has 0 aromatic rings. The van der Waals surface area contributed by atoms with Crippen LogP contribution < -0.4 is 5.32 Å². The number of nitrogens with zero attached hydrogens (tertiary/aromatic N) is 1. The highest BCUT2D eigenvalue weighted by atomic mass is 16.4. The van der Waals surface area contributed by atoms with E-state index in [2.05, 4.69) is 5.32 Å². The lowest BCUT2D eigenvalue weighted by Gasteiger charge is -2.29. The molecule has 0 spiro atoms. The number of amides is 1. The maximum Gasteiger partial charge on any atom is 0.305 e. The molecule has 2 atom stereocenters. The van der Waals surface area contributed by atoms with Gasteiger partial charge in [-0.05, 0) is 20.4 Å². The Morgan fingerprint density at radius 3 is 2.29 bits per heavy atom. The Morgan fingerprint density at radius 2 is 1.88 bits per heavy atom. The zero-order valence-corrected chi connectivity index (χ0v) is 11.2. The molecule has 2 unspecified atom stereocenters. The van der Waals surface area contributed by atoms with Gasteiger partial charge >= 0.3 is 5.97 Å². The molecule has 0 radical (unpaired) electrons. The molecule has 0 heterocycles. The second kappa shape index (κ2) is 8.06. The van der Waals surface area contributed by atoms with Crippen molar-refractivity contribution in [1.82, 2.24) is 10.2 Å². The van der Waals surface area contributed by atoms with E-state index in [9.17, 15) is 9.59 Å². The van der Waals surface area contributed by atoms with Gasteiger partial charge in [-0.3, -0.25) is 9.59 Å². The van der Waals surface area contributed by atoms with E-state index >= 15 is 0 Å². The predicted octanol–water partition coefficient (Wildman–Crippen LogP) is 0.944. The molecule has 0 aliphatic heterocycles. The third-order valence-electron chi connectivity index (χ3n) is 2.75. The van der Waals surface area contributed by atoms with Crippen molar-refractivity contribution in [3.8, 4) is 0 Å². The Kier molecular flexibility index (Phi) is 7.54. The second-order valence-electron chi connectivity index (χ2n) is 4.28. The van der Waals surface area contributed by atoms with Crippen LogP contribution in [0.15, 0.2) is 0 Å². The van der Waals surface area contributed by atoms with Gasteiger partial charge in [0.25, 0.3) is 0 Å². The molecule has 1 amide bonds. The van der Waals surface area contributed by atoms with Crippen molar-refractivity contribution in [2.75, 3.05) is 19.6 Å². The minimum absolute atomic E-state index is 0.00644. The molecule has 2 N–H and O–H groups in total. The van der Waals surface area contributed by atoms with Crippen LogP contribution in [-0.2, 0) is 9.59 Å². The molecule has 0 saturated heterocycles. The number of carbonyl (C=O) groups excluding carboxylic acids is 1. The lowest BCUT2D eigenvalue weighted by molar-refractivity contribution is -0.141. The highest BCUT2D eigenvalue weighted by Crippen LogP contribution is 2.09. The number of aliphatic carboxylic acids is 1. The molecule has 0 bridgehead atoms. The van der Waals surface area contributed by atoms with Gasteiger partial charge in [0.1, 0.15) is 0 Å².